The van der Waals surface area contributed by atoms with E-state index in [2.05, 4.69) is 5.32 Å². The number of aliphatic hydroxyl groups is 1. The van der Waals surface area contributed by atoms with Crippen LogP contribution in [0.3, 0.4) is 0 Å². The molecule has 1 aliphatic carbocycles. The molecule has 1 heterocycles. The smallest absolute Gasteiger partial charge is 0.238 e. The molecule has 6 heteroatoms. The quantitative estimate of drug-likeness (QED) is 0.642. The zero-order chi connectivity index (χ0) is 18.5. The van der Waals surface area contributed by atoms with Crippen LogP contribution in [0.15, 0.2) is 54.6 Å². The molecule has 0 unspecified atom stereocenters. The molecule has 0 aromatic heterocycles. The normalized spacial score (nSPS) is 32.9. The number of anilines is 1. The number of para-hydroxylation sites is 1. The number of fused-ring (bicyclic) bond motifs is 2. The van der Waals surface area contributed by atoms with Crippen LogP contribution < -0.4 is 5.32 Å². The molecule has 0 bridgehead atoms. The van der Waals surface area contributed by atoms with Crippen molar-refractivity contribution in [1.29, 1.82) is 0 Å². The first-order valence-corrected chi connectivity index (χ1v) is 8.71. The van der Waals surface area contributed by atoms with Gasteiger partial charge in [0, 0.05) is 17.0 Å². The molecule has 6 nitrogen and oxygen atoms in total. The molecule has 0 saturated heterocycles. The van der Waals surface area contributed by atoms with Crippen molar-refractivity contribution in [3.63, 3.8) is 0 Å². The third-order valence-electron chi connectivity index (χ3n) is 6.02. The number of carbonyl (C=O) groups is 1. The van der Waals surface area contributed by atoms with E-state index in [1.165, 1.54) is 0 Å². The Morgan fingerprint density at radius 3 is 2.50 bits per heavy atom. The predicted octanol–water partition coefficient (Wildman–Crippen LogP) is 2.85. The van der Waals surface area contributed by atoms with Crippen molar-refractivity contribution in [3.8, 4) is 0 Å². The van der Waals surface area contributed by atoms with Gasteiger partial charge in [-0.2, -0.15) is 0 Å². The van der Waals surface area contributed by atoms with Crippen LogP contribution in [0, 0.1) is 10.1 Å². The average Bonchev–Trinajstić information content (AvgIpc) is 2.91. The lowest BCUT2D eigenvalue weighted by Gasteiger charge is -2.50. The minimum atomic E-state index is -1.41. The first kappa shape index (κ1) is 16.7. The number of nitrogens with one attached hydrogen (secondary N) is 1. The molecule has 1 spiro atoms. The maximum atomic E-state index is 13.3. The summed E-state index contributed by atoms with van der Waals surface area (Å²) in [6.45, 7) is 1.63. The molecular weight excluding hydrogens is 332 g/mol. The third-order valence-corrected chi connectivity index (χ3v) is 6.02. The van der Waals surface area contributed by atoms with Gasteiger partial charge in [0.2, 0.25) is 11.9 Å². The van der Waals surface area contributed by atoms with Crippen molar-refractivity contribution in [3.05, 3.63) is 75.8 Å². The van der Waals surface area contributed by atoms with Gasteiger partial charge in [-0.05, 0) is 30.5 Å². The molecule has 1 aliphatic heterocycles. The Bertz CT molecular complexity index is 880. The SMILES string of the molecule is C[C@]1(O)CC[C@@H]([N+](=O)[O-])[C@H](c2ccccc2)[C@]12C(=O)Nc1ccccc12. The summed E-state index contributed by atoms with van der Waals surface area (Å²) in [5.41, 5.74) is -0.864. The molecule has 4 rings (SSSR count). The molecule has 2 aromatic rings. The molecule has 1 saturated carbocycles. The van der Waals surface area contributed by atoms with Gasteiger partial charge in [-0.15, -0.1) is 0 Å². The first-order valence-electron chi connectivity index (χ1n) is 8.71. The molecule has 2 aromatic carbocycles. The van der Waals surface area contributed by atoms with Crippen LogP contribution in [0.5, 0.6) is 0 Å². The number of nitro groups is 1. The lowest BCUT2D eigenvalue weighted by Crippen LogP contribution is -2.64. The third kappa shape index (κ3) is 2.05. The van der Waals surface area contributed by atoms with Crippen LogP contribution in [-0.4, -0.2) is 27.6 Å². The van der Waals surface area contributed by atoms with Crippen LogP contribution >= 0.6 is 0 Å². The summed E-state index contributed by atoms with van der Waals surface area (Å²) >= 11 is 0. The lowest BCUT2D eigenvalue weighted by atomic mass is 9.52. The van der Waals surface area contributed by atoms with E-state index in [1.807, 2.05) is 18.2 Å². The van der Waals surface area contributed by atoms with Crippen molar-refractivity contribution in [2.75, 3.05) is 5.32 Å². The maximum absolute atomic E-state index is 13.3. The van der Waals surface area contributed by atoms with E-state index in [1.54, 1.807) is 43.3 Å². The number of hydrogen-bond donors (Lipinski definition) is 2. The largest absolute Gasteiger partial charge is 0.389 e. The van der Waals surface area contributed by atoms with Crippen molar-refractivity contribution >= 4 is 11.6 Å². The molecule has 26 heavy (non-hydrogen) atoms. The Morgan fingerprint density at radius 2 is 1.81 bits per heavy atom. The van der Waals surface area contributed by atoms with Crippen LogP contribution in [0.25, 0.3) is 0 Å². The van der Waals surface area contributed by atoms with Crippen molar-refractivity contribution in [2.24, 2.45) is 0 Å². The second-order valence-corrected chi connectivity index (χ2v) is 7.36. The Labute approximate surface area is 151 Å². The highest BCUT2D eigenvalue weighted by Gasteiger charge is 2.69. The fourth-order valence-electron chi connectivity index (χ4n) is 4.90. The van der Waals surface area contributed by atoms with E-state index in [0.29, 0.717) is 16.8 Å². The van der Waals surface area contributed by atoms with Gasteiger partial charge in [-0.3, -0.25) is 14.9 Å². The monoisotopic (exact) mass is 352 g/mol. The molecule has 1 fully saturated rings. The highest BCUT2D eigenvalue weighted by molar-refractivity contribution is 6.08. The fraction of sp³-hybridized carbons (Fsp3) is 0.350. The van der Waals surface area contributed by atoms with Crippen LogP contribution in [0.4, 0.5) is 5.69 Å². The Morgan fingerprint density at radius 1 is 1.15 bits per heavy atom. The summed E-state index contributed by atoms with van der Waals surface area (Å²) in [4.78, 5) is 24.9. The van der Waals surface area contributed by atoms with Crippen LogP contribution in [0.2, 0.25) is 0 Å². The summed E-state index contributed by atoms with van der Waals surface area (Å²) < 4.78 is 0. The van der Waals surface area contributed by atoms with Crippen LogP contribution in [0.1, 0.15) is 36.8 Å². The minimum absolute atomic E-state index is 0.184. The highest BCUT2D eigenvalue weighted by Crippen LogP contribution is 2.59. The van der Waals surface area contributed by atoms with E-state index >= 15 is 0 Å². The minimum Gasteiger partial charge on any atom is -0.389 e. The summed E-state index contributed by atoms with van der Waals surface area (Å²) in [5.74, 6) is -1.13. The van der Waals surface area contributed by atoms with E-state index < -0.39 is 23.0 Å². The molecule has 2 aliphatic rings. The number of hydrogen-bond acceptors (Lipinski definition) is 4. The van der Waals surface area contributed by atoms with Crippen molar-refractivity contribution in [2.45, 2.75) is 42.7 Å². The van der Waals surface area contributed by atoms with Gasteiger partial charge in [-0.1, -0.05) is 48.5 Å². The van der Waals surface area contributed by atoms with E-state index in [0.717, 1.165) is 0 Å². The highest BCUT2D eigenvalue weighted by atomic mass is 16.6. The molecular formula is C20H20N2O4. The fourth-order valence-corrected chi connectivity index (χ4v) is 4.90. The molecule has 134 valence electrons. The van der Waals surface area contributed by atoms with Gasteiger partial charge in [0.1, 0.15) is 5.41 Å². The summed E-state index contributed by atoms with van der Waals surface area (Å²) in [5, 5.41) is 26.1. The molecule has 0 radical (unpaired) electrons. The zero-order valence-electron chi connectivity index (χ0n) is 14.4. The number of rotatable bonds is 2. The summed E-state index contributed by atoms with van der Waals surface area (Å²) in [6.07, 6.45) is 0.403. The second-order valence-electron chi connectivity index (χ2n) is 7.36. The van der Waals surface area contributed by atoms with Crippen molar-refractivity contribution in [1.82, 2.24) is 0 Å². The van der Waals surface area contributed by atoms with E-state index in [9.17, 15) is 20.0 Å². The number of amides is 1. The van der Waals surface area contributed by atoms with Gasteiger partial charge < -0.3 is 10.4 Å². The van der Waals surface area contributed by atoms with Gasteiger partial charge in [0.05, 0.1) is 11.5 Å². The van der Waals surface area contributed by atoms with Gasteiger partial charge in [0.15, 0.2) is 0 Å². The topological polar surface area (TPSA) is 92.5 Å². The van der Waals surface area contributed by atoms with E-state index in [4.69, 9.17) is 0 Å². The first-order chi connectivity index (χ1) is 12.4. The standard InChI is InChI=1S/C20H20N2O4/c1-19(24)12-11-16(22(25)26)17(13-7-3-2-4-8-13)20(19)14-9-5-6-10-15(14)21-18(20)23/h2-10,16-17,24H,11-12H2,1H3,(H,21,23)/t16-,17+,19+,20-/m1/s1. The number of carbonyl (C=O) groups excluding carboxylic acids is 1. The number of benzene rings is 2. The van der Waals surface area contributed by atoms with E-state index in [-0.39, 0.29) is 23.7 Å². The zero-order valence-corrected chi connectivity index (χ0v) is 14.4. The number of nitrogens with zero attached hydrogens (tertiary/aromatic N) is 1. The molecule has 1 amide bonds. The summed E-state index contributed by atoms with van der Waals surface area (Å²) in [7, 11) is 0. The summed E-state index contributed by atoms with van der Waals surface area (Å²) in [6, 6.07) is 15.3. The Kier molecular flexibility index (Phi) is 3.63. The maximum Gasteiger partial charge on any atom is 0.238 e. The Hall–Kier alpha value is -2.73. The van der Waals surface area contributed by atoms with Crippen LogP contribution in [-0.2, 0) is 10.2 Å². The predicted molar refractivity (Wildman–Crippen MR) is 96.6 cm³/mol. The lowest BCUT2D eigenvalue weighted by molar-refractivity contribution is -0.534. The van der Waals surface area contributed by atoms with Gasteiger partial charge >= 0.3 is 0 Å². The Balaban J connectivity index is 2.05. The average molecular weight is 352 g/mol. The van der Waals surface area contributed by atoms with Gasteiger partial charge in [-0.25, -0.2) is 0 Å². The second kappa shape index (κ2) is 5.64. The van der Waals surface area contributed by atoms with Gasteiger partial charge in [0.25, 0.3) is 0 Å². The molecule has 2 N–H and O–H groups in total. The van der Waals surface area contributed by atoms with Crippen molar-refractivity contribution < 1.29 is 14.8 Å². The molecule has 4 atom stereocenters.